The first-order valence-corrected chi connectivity index (χ1v) is 11.2. The fourth-order valence-corrected chi connectivity index (χ4v) is 5.41. The Morgan fingerprint density at radius 1 is 1.14 bits per heavy atom. The van der Waals surface area contributed by atoms with Gasteiger partial charge < -0.3 is 9.72 Å². The number of pyridine rings is 1. The predicted octanol–water partition coefficient (Wildman–Crippen LogP) is 3.72. The maximum atomic E-state index is 12.4. The van der Waals surface area contributed by atoms with Gasteiger partial charge >= 0.3 is 0 Å². The summed E-state index contributed by atoms with van der Waals surface area (Å²) in [5, 5.41) is 3.51. The maximum Gasteiger partial charge on any atom is 0.235 e. The smallest absolute Gasteiger partial charge is 0.235 e. The summed E-state index contributed by atoms with van der Waals surface area (Å²) in [6.07, 6.45) is 2.55. The van der Waals surface area contributed by atoms with Crippen LogP contribution in [0.15, 0.2) is 30.5 Å². The zero-order valence-electron chi connectivity index (χ0n) is 16.8. The van der Waals surface area contributed by atoms with Gasteiger partial charge in [-0.15, -0.1) is 0 Å². The van der Waals surface area contributed by atoms with Crippen molar-refractivity contribution in [3.05, 3.63) is 58.5 Å². The summed E-state index contributed by atoms with van der Waals surface area (Å²) in [5.41, 5.74) is 8.03. The summed E-state index contributed by atoms with van der Waals surface area (Å²) in [6, 6.07) is 8.19. The Labute approximate surface area is 166 Å². The molecule has 3 heterocycles. The first-order chi connectivity index (χ1) is 13.3. The lowest BCUT2D eigenvalue weighted by atomic mass is 10.0. The summed E-state index contributed by atoms with van der Waals surface area (Å²) in [6.45, 7) is 9.39. The van der Waals surface area contributed by atoms with Crippen molar-refractivity contribution < 1.29 is 8.42 Å². The molecule has 148 valence electrons. The van der Waals surface area contributed by atoms with Gasteiger partial charge in [-0.2, -0.15) is 0 Å². The van der Waals surface area contributed by atoms with Gasteiger partial charge in [0.1, 0.15) is 0 Å². The largest absolute Gasteiger partial charge is 0.378 e. The predicted molar refractivity (Wildman–Crippen MR) is 114 cm³/mol. The van der Waals surface area contributed by atoms with Crippen LogP contribution in [0.4, 0.5) is 11.4 Å². The lowest BCUT2D eigenvalue weighted by molar-refractivity contribution is 0.599. The number of nitrogens with zero attached hydrogens (tertiary/aromatic N) is 3. The van der Waals surface area contributed by atoms with E-state index in [1.807, 2.05) is 30.5 Å². The average Bonchev–Trinajstić information content (AvgIpc) is 3.13. The van der Waals surface area contributed by atoms with Gasteiger partial charge in [0, 0.05) is 25.0 Å². The number of imidazole rings is 1. The van der Waals surface area contributed by atoms with Crippen molar-refractivity contribution in [2.45, 2.75) is 40.7 Å². The number of aryl methyl sites for hydroxylation is 4. The molecule has 0 bridgehead atoms. The molecule has 1 aliphatic heterocycles. The fourth-order valence-electron chi connectivity index (χ4n) is 3.86. The summed E-state index contributed by atoms with van der Waals surface area (Å²) < 4.78 is 28.4. The number of aromatic nitrogens is 2. The van der Waals surface area contributed by atoms with Crippen LogP contribution in [0.3, 0.4) is 0 Å². The number of benzene rings is 1. The maximum absolute atomic E-state index is 12.4. The molecule has 0 spiro atoms. The van der Waals surface area contributed by atoms with E-state index < -0.39 is 10.0 Å². The Balaban J connectivity index is 1.79. The molecule has 6 nitrogen and oxygen atoms in total. The second kappa shape index (κ2) is 6.81. The van der Waals surface area contributed by atoms with Crippen molar-refractivity contribution in [2.75, 3.05) is 21.9 Å². The first-order valence-electron chi connectivity index (χ1n) is 9.56. The molecule has 0 amide bonds. The minimum absolute atomic E-state index is 0.206. The number of anilines is 2. The molecule has 7 heteroatoms. The number of sulfonamides is 1. The Morgan fingerprint density at radius 3 is 2.50 bits per heavy atom. The van der Waals surface area contributed by atoms with Crippen LogP contribution < -0.4 is 9.62 Å². The third-order valence-corrected chi connectivity index (χ3v) is 7.54. The third-order valence-electron chi connectivity index (χ3n) is 5.67. The van der Waals surface area contributed by atoms with E-state index >= 15 is 0 Å². The number of hydrogen-bond donors (Lipinski definition) is 1. The molecule has 1 N–H and O–H groups in total. The van der Waals surface area contributed by atoms with Crippen LogP contribution in [0.2, 0.25) is 0 Å². The van der Waals surface area contributed by atoms with Crippen molar-refractivity contribution in [1.82, 2.24) is 9.38 Å². The van der Waals surface area contributed by atoms with Gasteiger partial charge in [-0.25, -0.2) is 13.4 Å². The molecule has 0 saturated carbocycles. The molecule has 1 saturated heterocycles. The summed E-state index contributed by atoms with van der Waals surface area (Å²) in [7, 11) is -3.24. The SMILES string of the molecule is Cc1cccc(C)c1CNc1cc(N2CCCS2(=O)=O)cn2c(C)c(C)nc12. The first kappa shape index (κ1) is 18.8. The number of fused-ring (bicyclic) bond motifs is 1. The van der Waals surface area contributed by atoms with Crippen LogP contribution in [0.25, 0.3) is 5.65 Å². The summed E-state index contributed by atoms with van der Waals surface area (Å²) in [5.74, 6) is 0.206. The normalized spacial score (nSPS) is 16.1. The minimum atomic E-state index is -3.24. The lowest BCUT2D eigenvalue weighted by Crippen LogP contribution is -2.25. The van der Waals surface area contributed by atoms with Gasteiger partial charge in [0.05, 0.1) is 22.8 Å². The molecule has 0 unspecified atom stereocenters. The van der Waals surface area contributed by atoms with Crippen molar-refractivity contribution >= 4 is 27.0 Å². The highest BCUT2D eigenvalue weighted by atomic mass is 32.2. The van der Waals surface area contributed by atoms with Crippen LogP contribution in [0.5, 0.6) is 0 Å². The number of nitrogens with one attached hydrogen (secondary N) is 1. The van der Waals surface area contributed by atoms with Crippen molar-refractivity contribution in [3.8, 4) is 0 Å². The topological polar surface area (TPSA) is 66.7 Å². The standard InChI is InChI=1S/C21H26N4O2S/c1-14-7-5-8-15(2)19(14)12-22-20-11-18(25-9-6-10-28(25,26)27)13-24-17(4)16(3)23-21(20)24/h5,7-8,11,13,22H,6,9-10,12H2,1-4H3. The van der Waals surface area contributed by atoms with Crippen LogP contribution in [-0.4, -0.2) is 30.1 Å². The van der Waals surface area contributed by atoms with E-state index in [2.05, 4.69) is 37.4 Å². The zero-order valence-corrected chi connectivity index (χ0v) is 17.6. The fraction of sp³-hybridized carbons (Fsp3) is 0.381. The molecule has 1 aromatic carbocycles. The molecule has 0 atom stereocenters. The van der Waals surface area contributed by atoms with Gasteiger partial charge in [0.25, 0.3) is 0 Å². The molecule has 28 heavy (non-hydrogen) atoms. The number of rotatable bonds is 4. The molecule has 4 rings (SSSR count). The van der Waals surface area contributed by atoms with Crippen molar-refractivity contribution in [1.29, 1.82) is 0 Å². The van der Waals surface area contributed by atoms with Gasteiger partial charge in [-0.1, -0.05) is 18.2 Å². The Kier molecular flexibility index (Phi) is 4.57. The highest BCUT2D eigenvalue weighted by Crippen LogP contribution is 2.31. The van der Waals surface area contributed by atoms with E-state index in [-0.39, 0.29) is 5.75 Å². The third kappa shape index (κ3) is 3.13. The average molecular weight is 399 g/mol. The lowest BCUT2D eigenvalue weighted by Gasteiger charge is -2.20. The van der Waals surface area contributed by atoms with E-state index in [0.717, 1.165) is 22.7 Å². The molecular weight excluding hydrogens is 372 g/mol. The van der Waals surface area contributed by atoms with Crippen LogP contribution in [0, 0.1) is 27.7 Å². The molecule has 0 radical (unpaired) electrons. The quantitative estimate of drug-likeness (QED) is 0.727. The van der Waals surface area contributed by atoms with Crippen molar-refractivity contribution in [3.63, 3.8) is 0 Å². The van der Waals surface area contributed by atoms with Gasteiger partial charge in [0.2, 0.25) is 10.0 Å². The second-order valence-corrected chi connectivity index (χ2v) is 9.57. The van der Waals surface area contributed by atoms with Gasteiger partial charge in [-0.3, -0.25) is 4.31 Å². The highest BCUT2D eigenvalue weighted by Gasteiger charge is 2.29. The van der Waals surface area contributed by atoms with E-state index in [1.165, 1.54) is 21.0 Å². The van der Waals surface area contributed by atoms with E-state index in [1.54, 1.807) is 0 Å². The van der Waals surface area contributed by atoms with Crippen LogP contribution in [0.1, 0.15) is 34.5 Å². The van der Waals surface area contributed by atoms with E-state index in [4.69, 9.17) is 4.98 Å². The second-order valence-electron chi connectivity index (χ2n) is 7.55. The highest BCUT2D eigenvalue weighted by molar-refractivity contribution is 7.93. The van der Waals surface area contributed by atoms with Crippen LogP contribution >= 0.6 is 0 Å². The Morgan fingerprint density at radius 2 is 1.86 bits per heavy atom. The van der Waals surface area contributed by atoms with Gasteiger partial charge in [0.15, 0.2) is 5.65 Å². The molecule has 1 fully saturated rings. The monoisotopic (exact) mass is 398 g/mol. The Hall–Kier alpha value is -2.54. The molecular formula is C21H26N4O2S. The molecule has 2 aromatic heterocycles. The van der Waals surface area contributed by atoms with E-state index in [0.29, 0.717) is 25.2 Å². The molecule has 1 aliphatic rings. The minimum Gasteiger partial charge on any atom is -0.378 e. The number of hydrogen-bond acceptors (Lipinski definition) is 4. The molecule has 3 aromatic rings. The van der Waals surface area contributed by atoms with E-state index in [9.17, 15) is 8.42 Å². The van der Waals surface area contributed by atoms with Crippen LogP contribution in [-0.2, 0) is 16.6 Å². The Bertz CT molecular complexity index is 1140. The van der Waals surface area contributed by atoms with Gasteiger partial charge in [-0.05, 0) is 56.9 Å². The summed E-state index contributed by atoms with van der Waals surface area (Å²) >= 11 is 0. The van der Waals surface area contributed by atoms with Crippen molar-refractivity contribution in [2.24, 2.45) is 0 Å². The zero-order chi connectivity index (χ0) is 20.1. The summed E-state index contributed by atoms with van der Waals surface area (Å²) in [4.78, 5) is 4.71. The molecule has 0 aliphatic carbocycles.